The molecule has 3 rings (SSSR count). The first-order valence-corrected chi connectivity index (χ1v) is 8.44. The van der Waals surface area contributed by atoms with Gasteiger partial charge in [0.2, 0.25) is 0 Å². The molecule has 1 amide bonds. The molecule has 1 unspecified atom stereocenters. The molecule has 7 heteroatoms. The molecule has 0 saturated carbocycles. The molecule has 0 aromatic heterocycles. The Bertz CT molecular complexity index is 629. The topological polar surface area (TPSA) is 75.9 Å². The maximum atomic E-state index is 12.0. The molecule has 0 radical (unpaired) electrons. The fourth-order valence-corrected chi connectivity index (χ4v) is 5.50. The summed E-state index contributed by atoms with van der Waals surface area (Å²) in [5, 5.41) is 0.717. The fourth-order valence-electron chi connectivity index (χ4n) is 2.35. The maximum absolute atomic E-state index is 12.0. The van der Waals surface area contributed by atoms with Crippen LogP contribution in [-0.2, 0) is 14.6 Å². The van der Waals surface area contributed by atoms with Crippen LogP contribution in [0.5, 0.6) is 0 Å². The van der Waals surface area contributed by atoms with E-state index in [1.165, 1.54) is 11.8 Å². The number of rotatable bonds is 1. The van der Waals surface area contributed by atoms with Gasteiger partial charge in [-0.3, -0.25) is 4.79 Å². The Kier molecular flexibility index (Phi) is 2.71. The number of amides is 1. The summed E-state index contributed by atoms with van der Waals surface area (Å²) in [6, 6.07) is 0. The SMILES string of the molecule is CCC1=NC(=O)C2C(=N1)SC1=C2CCS(=O)(=O)C1. The van der Waals surface area contributed by atoms with Crippen LogP contribution in [0.4, 0.5) is 0 Å². The Balaban J connectivity index is 2.00. The Morgan fingerprint density at radius 1 is 1.39 bits per heavy atom. The predicted octanol–water partition coefficient (Wildman–Crippen LogP) is 1.17. The van der Waals surface area contributed by atoms with Gasteiger partial charge in [0.25, 0.3) is 5.91 Å². The van der Waals surface area contributed by atoms with E-state index in [1.54, 1.807) is 0 Å². The van der Waals surface area contributed by atoms with Gasteiger partial charge in [-0.2, -0.15) is 4.99 Å². The van der Waals surface area contributed by atoms with Gasteiger partial charge in [0.05, 0.1) is 16.5 Å². The van der Waals surface area contributed by atoms with Gasteiger partial charge in [0.15, 0.2) is 9.84 Å². The van der Waals surface area contributed by atoms with E-state index in [0.717, 1.165) is 10.5 Å². The van der Waals surface area contributed by atoms with E-state index in [1.807, 2.05) is 6.92 Å². The molecule has 5 nitrogen and oxygen atoms in total. The van der Waals surface area contributed by atoms with Gasteiger partial charge in [0, 0.05) is 11.3 Å². The molecule has 96 valence electrons. The lowest BCUT2D eigenvalue weighted by Crippen LogP contribution is -2.27. The number of carbonyl (C=O) groups is 1. The van der Waals surface area contributed by atoms with Crippen LogP contribution >= 0.6 is 11.8 Å². The van der Waals surface area contributed by atoms with E-state index in [0.29, 0.717) is 23.7 Å². The van der Waals surface area contributed by atoms with Gasteiger partial charge < -0.3 is 0 Å². The molecule has 3 heterocycles. The summed E-state index contributed by atoms with van der Waals surface area (Å²) >= 11 is 1.35. The minimum Gasteiger partial charge on any atom is -0.271 e. The molecule has 0 saturated heterocycles. The smallest absolute Gasteiger partial charge is 0.261 e. The first-order valence-electron chi connectivity index (χ1n) is 5.80. The number of thioether (sulfide) groups is 1. The molecule has 0 spiro atoms. The summed E-state index contributed by atoms with van der Waals surface area (Å²) in [6.07, 6.45) is 1.06. The van der Waals surface area contributed by atoms with E-state index >= 15 is 0 Å². The molecule has 0 N–H and O–H groups in total. The molecule has 1 atom stereocenters. The highest BCUT2D eigenvalue weighted by atomic mass is 32.2. The average molecular weight is 284 g/mol. The molecule has 3 aliphatic rings. The monoisotopic (exact) mass is 284 g/mol. The normalized spacial score (nSPS) is 29.6. The van der Waals surface area contributed by atoms with Crippen molar-refractivity contribution in [3.63, 3.8) is 0 Å². The predicted molar refractivity (Wildman–Crippen MR) is 71.5 cm³/mol. The number of carbonyl (C=O) groups excluding carboxylic acids is 1. The number of nitrogens with zero attached hydrogens (tertiary/aromatic N) is 2. The second-order valence-corrected chi connectivity index (χ2v) is 7.79. The summed E-state index contributed by atoms with van der Waals surface area (Å²) in [7, 11) is -3.00. The lowest BCUT2D eigenvalue weighted by Gasteiger charge is -2.18. The zero-order valence-electron chi connectivity index (χ0n) is 9.84. The molecule has 0 aromatic carbocycles. The molecule has 3 aliphatic heterocycles. The van der Waals surface area contributed by atoms with Crippen LogP contribution in [0.3, 0.4) is 0 Å². The molecule has 0 aromatic rings. The van der Waals surface area contributed by atoms with Crippen molar-refractivity contribution in [1.29, 1.82) is 0 Å². The number of hydrogen-bond acceptors (Lipinski definition) is 5. The van der Waals surface area contributed by atoms with Gasteiger partial charge >= 0.3 is 0 Å². The van der Waals surface area contributed by atoms with Gasteiger partial charge in [-0.25, -0.2) is 13.4 Å². The summed E-state index contributed by atoms with van der Waals surface area (Å²) in [6.45, 7) is 1.90. The third-order valence-corrected chi connectivity index (χ3v) is 6.18. The van der Waals surface area contributed by atoms with E-state index < -0.39 is 15.8 Å². The Labute approximate surface area is 109 Å². The van der Waals surface area contributed by atoms with Crippen LogP contribution in [0.15, 0.2) is 20.5 Å². The number of aliphatic imine (C=N–C) groups is 2. The minimum atomic E-state index is -3.00. The van der Waals surface area contributed by atoms with E-state index in [9.17, 15) is 13.2 Å². The second-order valence-electron chi connectivity index (χ2n) is 4.50. The first-order chi connectivity index (χ1) is 8.50. The van der Waals surface area contributed by atoms with Crippen molar-refractivity contribution in [3.8, 4) is 0 Å². The average Bonchev–Trinajstić information content (AvgIpc) is 2.64. The Hall–Kier alpha value is -0.950. The third-order valence-electron chi connectivity index (χ3n) is 3.26. The van der Waals surface area contributed by atoms with Crippen molar-refractivity contribution in [2.24, 2.45) is 15.9 Å². The molecule has 18 heavy (non-hydrogen) atoms. The summed E-state index contributed by atoms with van der Waals surface area (Å²) in [5.41, 5.74) is 0.928. The Morgan fingerprint density at radius 3 is 2.89 bits per heavy atom. The maximum Gasteiger partial charge on any atom is 0.261 e. The minimum absolute atomic E-state index is 0.0528. The van der Waals surface area contributed by atoms with Crippen LogP contribution in [0.1, 0.15) is 19.8 Å². The number of sulfone groups is 1. The third kappa shape index (κ3) is 1.85. The van der Waals surface area contributed by atoms with Crippen molar-refractivity contribution >= 4 is 38.4 Å². The van der Waals surface area contributed by atoms with Crippen molar-refractivity contribution < 1.29 is 13.2 Å². The molecule has 0 aliphatic carbocycles. The van der Waals surface area contributed by atoms with Gasteiger partial charge in [-0.15, -0.1) is 0 Å². The van der Waals surface area contributed by atoms with Crippen LogP contribution in [-0.4, -0.2) is 36.7 Å². The second kappa shape index (κ2) is 4.03. The standard InChI is InChI=1S/C11H12N2O3S2/c1-2-8-12-10(14)9-6-3-4-18(15,16)5-7(6)17-11(9)13-8/h9H,2-5H2,1H3. The van der Waals surface area contributed by atoms with Crippen LogP contribution in [0.25, 0.3) is 0 Å². The summed E-state index contributed by atoms with van der Waals surface area (Å²) in [5.74, 6) is 0.149. The zero-order chi connectivity index (χ0) is 12.9. The van der Waals surface area contributed by atoms with E-state index in [4.69, 9.17) is 0 Å². The van der Waals surface area contributed by atoms with Crippen molar-refractivity contribution in [2.45, 2.75) is 19.8 Å². The largest absolute Gasteiger partial charge is 0.271 e. The molecular formula is C11H12N2O3S2. The molecule has 0 fully saturated rings. The van der Waals surface area contributed by atoms with Gasteiger partial charge in [0.1, 0.15) is 11.8 Å². The highest BCUT2D eigenvalue weighted by molar-refractivity contribution is 8.18. The van der Waals surface area contributed by atoms with Crippen molar-refractivity contribution in [1.82, 2.24) is 0 Å². The van der Waals surface area contributed by atoms with E-state index in [2.05, 4.69) is 9.98 Å². The fraction of sp³-hybridized carbons (Fsp3) is 0.545. The lowest BCUT2D eigenvalue weighted by atomic mass is 9.96. The number of hydrogen-bond donors (Lipinski definition) is 0. The van der Waals surface area contributed by atoms with E-state index in [-0.39, 0.29) is 17.4 Å². The first kappa shape index (κ1) is 12.1. The van der Waals surface area contributed by atoms with Crippen molar-refractivity contribution in [2.75, 3.05) is 11.5 Å². The molecule has 0 bridgehead atoms. The lowest BCUT2D eigenvalue weighted by molar-refractivity contribution is -0.118. The number of amidine groups is 1. The molecular weight excluding hydrogens is 272 g/mol. The quantitative estimate of drug-likeness (QED) is 0.724. The van der Waals surface area contributed by atoms with Gasteiger partial charge in [-0.05, 0) is 12.0 Å². The highest BCUT2D eigenvalue weighted by Crippen LogP contribution is 2.45. The van der Waals surface area contributed by atoms with Crippen LogP contribution < -0.4 is 0 Å². The highest BCUT2D eigenvalue weighted by Gasteiger charge is 2.42. The van der Waals surface area contributed by atoms with Gasteiger partial charge in [-0.1, -0.05) is 18.7 Å². The van der Waals surface area contributed by atoms with Crippen LogP contribution in [0.2, 0.25) is 0 Å². The zero-order valence-corrected chi connectivity index (χ0v) is 11.5. The summed E-state index contributed by atoms with van der Waals surface area (Å²) in [4.78, 5) is 21.1. The summed E-state index contributed by atoms with van der Waals surface area (Å²) < 4.78 is 23.2. The Morgan fingerprint density at radius 2 is 2.17 bits per heavy atom. The van der Waals surface area contributed by atoms with Crippen molar-refractivity contribution in [3.05, 3.63) is 10.5 Å². The van der Waals surface area contributed by atoms with Crippen LogP contribution in [0, 0.1) is 5.92 Å². The number of fused-ring (bicyclic) bond motifs is 2.